The molecule has 0 radical (unpaired) electrons. The zero-order valence-electron chi connectivity index (χ0n) is 18.0. The molecule has 0 bridgehead atoms. The summed E-state index contributed by atoms with van der Waals surface area (Å²) in [6, 6.07) is 14.8. The molecule has 0 saturated carbocycles. The van der Waals surface area contributed by atoms with Gasteiger partial charge in [0.2, 0.25) is 0 Å². The lowest BCUT2D eigenvalue weighted by molar-refractivity contribution is -0.420. The molecule has 5 rings (SSSR count). The van der Waals surface area contributed by atoms with Gasteiger partial charge in [0.25, 0.3) is 0 Å². The number of rotatable bonds is 8. The second-order valence-corrected chi connectivity index (χ2v) is 12.2. The number of thiophene rings is 5. The fourth-order valence-electron chi connectivity index (χ4n) is 3.40. The molecule has 0 aliphatic rings. The molecular weight excluding hydrogens is 549 g/mol. The Morgan fingerprint density at radius 2 is 0.886 bits per heavy atom. The first-order valence-corrected chi connectivity index (χ1v) is 13.9. The molecule has 0 atom stereocenters. The first-order valence-electron chi connectivity index (χ1n) is 9.84. The van der Waals surface area contributed by atoms with E-state index in [0.29, 0.717) is 9.75 Å². The van der Waals surface area contributed by atoms with Crippen LogP contribution in [0.4, 0.5) is 11.4 Å². The summed E-state index contributed by atoms with van der Waals surface area (Å²) >= 11 is 6.73. The van der Waals surface area contributed by atoms with Crippen LogP contribution in [-0.4, -0.2) is 24.1 Å². The topological polar surface area (TPSA) is 105 Å². The van der Waals surface area contributed by atoms with Crippen LogP contribution < -0.4 is 9.47 Å². The van der Waals surface area contributed by atoms with Gasteiger partial charge in [0.1, 0.15) is 9.75 Å². The third-order valence-corrected chi connectivity index (χ3v) is 11.1. The van der Waals surface area contributed by atoms with Crippen molar-refractivity contribution in [2.24, 2.45) is 0 Å². The lowest BCUT2D eigenvalue weighted by atomic mass is 10.2. The first kappa shape index (κ1) is 23.6. The van der Waals surface area contributed by atoms with E-state index in [2.05, 4.69) is 0 Å². The zero-order valence-corrected chi connectivity index (χ0v) is 22.1. The standard InChI is InChI=1S/C22H14N2O6S5/c1-29-17-9-7-13(33-17)11-3-5-15(31-11)21-19(23(25)26)20(24(27)28)22(35-21)16-6-4-12(32-16)14-8-10-18(30-2)34-14/h3-10H,1-2H3. The van der Waals surface area contributed by atoms with E-state index in [9.17, 15) is 20.2 Å². The van der Waals surface area contributed by atoms with Crippen molar-refractivity contribution in [3.63, 3.8) is 0 Å². The SMILES string of the molecule is COc1ccc(-c2ccc(-c3sc(-c4ccc(-c5ccc(OC)s5)s4)c([N+](=O)[O-])c3[N+](=O)[O-])s2)s1. The molecule has 0 amide bonds. The predicted molar refractivity (Wildman–Crippen MR) is 144 cm³/mol. The van der Waals surface area contributed by atoms with E-state index >= 15 is 0 Å². The summed E-state index contributed by atoms with van der Waals surface area (Å²) < 4.78 is 10.5. The lowest BCUT2D eigenvalue weighted by Crippen LogP contribution is -1.95. The molecule has 0 spiro atoms. The Bertz CT molecular complexity index is 1440. The summed E-state index contributed by atoms with van der Waals surface area (Å²) in [6.07, 6.45) is 0. The van der Waals surface area contributed by atoms with Gasteiger partial charge in [-0.2, -0.15) is 0 Å². The molecule has 13 heteroatoms. The van der Waals surface area contributed by atoms with E-state index in [1.54, 1.807) is 26.4 Å². The van der Waals surface area contributed by atoms with Gasteiger partial charge in [0.05, 0.1) is 33.8 Å². The summed E-state index contributed by atoms with van der Waals surface area (Å²) in [6.45, 7) is 0. The Morgan fingerprint density at radius 1 is 0.543 bits per heavy atom. The van der Waals surface area contributed by atoms with Crippen LogP contribution in [0.2, 0.25) is 0 Å². The number of nitro groups is 2. The molecule has 0 aromatic carbocycles. The van der Waals surface area contributed by atoms with Crippen molar-refractivity contribution in [2.45, 2.75) is 0 Å². The molecule has 0 N–H and O–H groups in total. The molecule has 0 saturated heterocycles. The van der Waals surface area contributed by atoms with Gasteiger partial charge in [-0.05, 0) is 48.5 Å². The van der Waals surface area contributed by atoms with Crippen molar-refractivity contribution in [2.75, 3.05) is 14.2 Å². The molecule has 5 heterocycles. The summed E-state index contributed by atoms with van der Waals surface area (Å²) in [4.78, 5) is 28.3. The van der Waals surface area contributed by atoms with Gasteiger partial charge in [-0.3, -0.25) is 20.2 Å². The van der Waals surface area contributed by atoms with E-state index in [4.69, 9.17) is 9.47 Å². The van der Waals surface area contributed by atoms with Crippen LogP contribution in [0.25, 0.3) is 39.0 Å². The van der Waals surface area contributed by atoms with Crippen LogP contribution in [0, 0.1) is 20.2 Å². The van der Waals surface area contributed by atoms with Crippen LogP contribution in [-0.2, 0) is 0 Å². The van der Waals surface area contributed by atoms with Crippen molar-refractivity contribution >= 4 is 68.1 Å². The Morgan fingerprint density at radius 3 is 1.23 bits per heavy atom. The highest BCUT2D eigenvalue weighted by molar-refractivity contribution is 7.30. The second-order valence-electron chi connectivity index (χ2n) is 6.95. The number of methoxy groups -OCH3 is 2. The smallest absolute Gasteiger partial charge is 0.366 e. The first-order chi connectivity index (χ1) is 16.9. The molecule has 5 aromatic rings. The van der Waals surface area contributed by atoms with E-state index < -0.39 is 21.2 Å². The summed E-state index contributed by atoms with van der Waals surface area (Å²) in [5.41, 5.74) is -0.945. The summed E-state index contributed by atoms with van der Waals surface area (Å²) in [5.74, 6) is 0. The molecule has 178 valence electrons. The van der Waals surface area contributed by atoms with Crippen LogP contribution >= 0.6 is 56.7 Å². The fraction of sp³-hybridized carbons (Fsp3) is 0.0909. The number of hydrogen-bond acceptors (Lipinski definition) is 11. The maximum absolute atomic E-state index is 12.0. The van der Waals surface area contributed by atoms with Crippen molar-refractivity contribution < 1.29 is 19.3 Å². The predicted octanol–water partition coefficient (Wildman–Crippen LogP) is 8.50. The van der Waals surface area contributed by atoms with Crippen LogP contribution in [0.1, 0.15) is 0 Å². The average molecular weight is 563 g/mol. The number of ether oxygens (including phenoxy) is 2. The zero-order chi connectivity index (χ0) is 24.7. The molecule has 5 aromatic heterocycles. The molecule has 8 nitrogen and oxygen atoms in total. The van der Waals surface area contributed by atoms with Crippen molar-refractivity contribution in [1.29, 1.82) is 0 Å². The Labute approximate surface area is 218 Å². The Balaban J connectivity index is 1.60. The van der Waals surface area contributed by atoms with Crippen LogP contribution in [0.3, 0.4) is 0 Å². The molecule has 0 fully saturated rings. The maximum atomic E-state index is 12.0. The van der Waals surface area contributed by atoms with Gasteiger partial charge in [-0.1, -0.05) is 22.7 Å². The minimum atomic E-state index is -0.653. The highest BCUT2D eigenvalue weighted by Crippen LogP contribution is 2.55. The summed E-state index contributed by atoms with van der Waals surface area (Å²) in [7, 11) is 3.19. The molecule has 0 aliphatic heterocycles. The number of nitrogens with zero attached hydrogens (tertiary/aromatic N) is 2. The van der Waals surface area contributed by atoms with Crippen LogP contribution in [0.15, 0.2) is 48.5 Å². The Kier molecular flexibility index (Phi) is 6.42. The van der Waals surface area contributed by atoms with Gasteiger partial charge in [0.15, 0.2) is 10.1 Å². The van der Waals surface area contributed by atoms with Gasteiger partial charge in [-0.25, -0.2) is 0 Å². The molecule has 35 heavy (non-hydrogen) atoms. The average Bonchev–Trinajstić information content (AvgIpc) is 3.66. The third kappa shape index (κ3) is 4.36. The summed E-state index contributed by atoms with van der Waals surface area (Å²) in [5, 5.41) is 25.6. The minimum Gasteiger partial charge on any atom is -0.487 e. The van der Waals surface area contributed by atoms with E-state index in [1.807, 2.05) is 36.4 Å². The van der Waals surface area contributed by atoms with Crippen molar-refractivity contribution in [3.05, 3.63) is 68.8 Å². The van der Waals surface area contributed by atoms with E-state index in [1.165, 1.54) is 45.3 Å². The van der Waals surface area contributed by atoms with Crippen molar-refractivity contribution in [3.8, 4) is 49.1 Å². The van der Waals surface area contributed by atoms with Crippen molar-refractivity contribution in [1.82, 2.24) is 0 Å². The number of hydrogen-bond donors (Lipinski definition) is 0. The fourth-order valence-corrected chi connectivity index (χ4v) is 8.69. The van der Waals surface area contributed by atoms with Gasteiger partial charge < -0.3 is 9.47 Å². The lowest BCUT2D eigenvalue weighted by Gasteiger charge is -1.94. The van der Waals surface area contributed by atoms with Gasteiger partial charge >= 0.3 is 11.4 Å². The normalized spacial score (nSPS) is 11.0. The highest BCUT2D eigenvalue weighted by Gasteiger charge is 2.38. The van der Waals surface area contributed by atoms with Crippen LogP contribution in [0.5, 0.6) is 10.1 Å². The van der Waals surface area contributed by atoms with E-state index in [0.717, 1.165) is 41.0 Å². The molecular formula is C22H14N2O6S5. The second kappa shape index (κ2) is 9.51. The third-order valence-electron chi connectivity index (χ3n) is 4.93. The largest absolute Gasteiger partial charge is 0.487 e. The monoisotopic (exact) mass is 562 g/mol. The molecule has 0 aliphatic carbocycles. The highest BCUT2D eigenvalue weighted by atomic mass is 32.1. The van der Waals surface area contributed by atoms with Gasteiger partial charge in [0, 0.05) is 19.5 Å². The van der Waals surface area contributed by atoms with Gasteiger partial charge in [-0.15, -0.1) is 34.0 Å². The quantitative estimate of drug-likeness (QED) is 0.139. The maximum Gasteiger partial charge on any atom is 0.366 e. The molecule has 0 unspecified atom stereocenters. The Hall–Kier alpha value is -3.10. The minimum absolute atomic E-state index is 0.282. The van der Waals surface area contributed by atoms with E-state index in [-0.39, 0.29) is 9.75 Å².